The maximum atomic E-state index is 10.5. The number of aliphatic carboxylic acids is 1. The molecule has 0 aliphatic heterocycles. The Morgan fingerprint density at radius 1 is 1.00 bits per heavy atom. The molecule has 1 aliphatic carbocycles. The maximum absolute atomic E-state index is 10.5. The first-order valence-electron chi connectivity index (χ1n) is 10.0. The Morgan fingerprint density at radius 2 is 1.62 bits per heavy atom. The van der Waals surface area contributed by atoms with Gasteiger partial charge in [0.25, 0.3) is 0 Å². The molecular weight excluding hydrogens is 324 g/mol. The Morgan fingerprint density at radius 3 is 2.29 bits per heavy atom. The van der Waals surface area contributed by atoms with Gasteiger partial charge in [0.1, 0.15) is 0 Å². The number of hydrogen-bond donors (Lipinski definition) is 2. The van der Waals surface area contributed by atoms with Crippen LogP contribution in [-0.4, -0.2) is 27.7 Å². The topological polar surface area (TPSA) is 57.5 Å². The van der Waals surface area contributed by atoms with Crippen LogP contribution in [-0.2, 0) is 4.79 Å². The molecule has 4 heteroatoms. The van der Waals surface area contributed by atoms with Crippen LogP contribution in [0.1, 0.15) is 96.8 Å². The molecule has 0 spiro atoms. The fraction of sp³-hybridized carbons (Fsp3) is 0.950. The van der Waals surface area contributed by atoms with Gasteiger partial charge in [-0.05, 0) is 50.9 Å². The van der Waals surface area contributed by atoms with Crippen LogP contribution in [0.2, 0.25) is 0 Å². The number of carboxylic acids is 1. The molecule has 0 aromatic carbocycles. The van der Waals surface area contributed by atoms with Gasteiger partial charge in [-0.2, -0.15) is 0 Å². The van der Waals surface area contributed by atoms with Gasteiger partial charge in [-0.15, -0.1) is 11.6 Å². The maximum Gasteiger partial charge on any atom is 0.303 e. The summed E-state index contributed by atoms with van der Waals surface area (Å²) in [6, 6.07) is 0. The van der Waals surface area contributed by atoms with Crippen molar-refractivity contribution in [2.45, 2.75) is 108 Å². The molecule has 0 radical (unpaired) electrons. The second-order valence-electron chi connectivity index (χ2n) is 7.70. The Bertz CT molecular complexity index is 333. The molecule has 4 unspecified atom stereocenters. The van der Waals surface area contributed by atoms with E-state index in [4.69, 9.17) is 16.7 Å². The average Bonchev–Trinajstić information content (AvgIpc) is 2.86. The molecule has 0 bridgehead atoms. The van der Waals surface area contributed by atoms with E-state index in [1.807, 2.05) is 6.92 Å². The molecule has 1 rings (SSSR count). The first kappa shape index (κ1) is 21.8. The minimum Gasteiger partial charge on any atom is -0.481 e. The third-order valence-corrected chi connectivity index (χ3v) is 6.05. The molecule has 0 amide bonds. The highest BCUT2D eigenvalue weighted by molar-refractivity contribution is 6.20. The molecule has 3 nitrogen and oxygen atoms in total. The van der Waals surface area contributed by atoms with Crippen molar-refractivity contribution >= 4 is 17.6 Å². The molecule has 0 saturated heterocycles. The van der Waals surface area contributed by atoms with Gasteiger partial charge < -0.3 is 10.2 Å². The summed E-state index contributed by atoms with van der Waals surface area (Å²) in [4.78, 5) is 10.5. The van der Waals surface area contributed by atoms with Gasteiger partial charge in [0, 0.05) is 11.8 Å². The molecule has 2 N–H and O–H groups in total. The summed E-state index contributed by atoms with van der Waals surface area (Å²) >= 11 is 6.55. The number of aliphatic hydroxyl groups excluding tert-OH is 1. The van der Waals surface area contributed by atoms with Crippen molar-refractivity contribution in [3.05, 3.63) is 0 Å². The molecule has 1 fully saturated rings. The van der Waals surface area contributed by atoms with Crippen LogP contribution in [0.3, 0.4) is 0 Å². The average molecular weight is 361 g/mol. The first-order valence-corrected chi connectivity index (χ1v) is 10.5. The molecular formula is C20H37ClO3. The number of carbonyl (C=O) groups is 1. The third kappa shape index (κ3) is 9.88. The lowest BCUT2D eigenvalue weighted by Gasteiger charge is -2.22. The molecule has 0 aromatic rings. The van der Waals surface area contributed by atoms with Crippen LogP contribution in [0.5, 0.6) is 0 Å². The number of halogens is 1. The zero-order chi connectivity index (χ0) is 17.8. The Kier molecular flexibility index (Phi) is 11.8. The monoisotopic (exact) mass is 360 g/mol. The van der Waals surface area contributed by atoms with Crippen LogP contribution in [0.15, 0.2) is 0 Å². The highest BCUT2D eigenvalue weighted by atomic mass is 35.5. The van der Waals surface area contributed by atoms with Gasteiger partial charge in [-0.3, -0.25) is 4.79 Å². The van der Waals surface area contributed by atoms with E-state index in [0.717, 1.165) is 44.4 Å². The fourth-order valence-corrected chi connectivity index (χ4v) is 4.54. The van der Waals surface area contributed by atoms with Gasteiger partial charge in [0.15, 0.2) is 0 Å². The van der Waals surface area contributed by atoms with Crippen LogP contribution in [0.25, 0.3) is 0 Å². The lowest BCUT2D eigenvalue weighted by atomic mass is 9.86. The molecule has 0 aromatic heterocycles. The normalized spacial score (nSPS) is 25.0. The van der Waals surface area contributed by atoms with Crippen LogP contribution < -0.4 is 0 Å². The summed E-state index contributed by atoms with van der Waals surface area (Å²) in [5, 5.41) is 18.3. The molecule has 1 aliphatic rings. The number of alkyl halides is 1. The first-order chi connectivity index (χ1) is 11.5. The van der Waals surface area contributed by atoms with Crippen LogP contribution in [0, 0.1) is 11.8 Å². The van der Waals surface area contributed by atoms with Gasteiger partial charge >= 0.3 is 5.97 Å². The number of aliphatic hydroxyl groups is 1. The zero-order valence-corrected chi connectivity index (χ0v) is 16.1. The van der Waals surface area contributed by atoms with E-state index in [2.05, 4.69) is 0 Å². The predicted octanol–water partition coefficient (Wildman–Crippen LogP) is 5.77. The summed E-state index contributed by atoms with van der Waals surface area (Å²) < 4.78 is 0. The van der Waals surface area contributed by atoms with Gasteiger partial charge in [0.2, 0.25) is 0 Å². The smallest absolute Gasteiger partial charge is 0.303 e. The van der Waals surface area contributed by atoms with Gasteiger partial charge in [-0.25, -0.2) is 0 Å². The second-order valence-corrected chi connectivity index (χ2v) is 8.27. The highest BCUT2D eigenvalue weighted by Crippen LogP contribution is 2.41. The summed E-state index contributed by atoms with van der Waals surface area (Å²) in [6.45, 7) is 1.87. The van der Waals surface area contributed by atoms with E-state index in [0.29, 0.717) is 17.7 Å². The van der Waals surface area contributed by atoms with Crippen molar-refractivity contribution in [2.24, 2.45) is 11.8 Å². The van der Waals surface area contributed by atoms with Crippen molar-refractivity contribution in [1.82, 2.24) is 0 Å². The van der Waals surface area contributed by atoms with Crippen molar-refractivity contribution < 1.29 is 15.0 Å². The standard InChI is InChI=1S/C20H37ClO3/c1-16(22)10-6-2-3-7-11-17-14-15-19(21)18(17)12-8-4-5-9-13-20(23)24/h16-19,22H,2-15H2,1H3,(H,23,24). The van der Waals surface area contributed by atoms with Gasteiger partial charge in [0.05, 0.1) is 6.10 Å². The number of carboxylic acid groups (broad SMARTS) is 1. The number of hydrogen-bond acceptors (Lipinski definition) is 2. The van der Waals surface area contributed by atoms with Crippen molar-refractivity contribution in [1.29, 1.82) is 0 Å². The fourth-order valence-electron chi connectivity index (χ4n) is 4.08. The van der Waals surface area contributed by atoms with E-state index < -0.39 is 5.97 Å². The summed E-state index contributed by atoms with van der Waals surface area (Å²) in [7, 11) is 0. The zero-order valence-electron chi connectivity index (χ0n) is 15.4. The molecule has 4 atom stereocenters. The minimum atomic E-state index is -0.680. The number of rotatable bonds is 14. The molecule has 1 saturated carbocycles. The van der Waals surface area contributed by atoms with Crippen molar-refractivity contribution in [2.75, 3.05) is 0 Å². The lowest BCUT2D eigenvalue weighted by Crippen LogP contribution is -2.15. The quantitative estimate of drug-likeness (QED) is 0.305. The number of unbranched alkanes of at least 4 members (excludes halogenated alkanes) is 6. The predicted molar refractivity (Wildman–Crippen MR) is 101 cm³/mol. The van der Waals surface area contributed by atoms with Crippen molar-refractivity contribution in [3.8, 4) is 0 Å². The summed E-state index contributed by atoms with van der Waals surface area (Å²) in [5.41, 5.74) is 0. The summed E-state index contributed by atoms with van der Waals surface area (Å²) in [5.74, 6) is 0.784. The highest BCUT2D eigenvalue weighted by Gasteiger charge is 2.33. The molecule has 142 valence electrons. The van der Waals surface area contributed by atoms with E-state index >= 15 is 0 Å². The van der Waals surface area contributed by atoms with E-state index in [1.54, 1.807) is 0 Å². The van der Waals surface area contributed by atoms with Gasteiger partial charge in [-0.1, -0.05) is 51.4 Å². The second kappa shape index (κ2) is 13.0. The van der Waals surface area contributed by atoms with Crippen LogP contribution in [0.4, 0.5) is 0 Å². The molecule has 0 heterocycles. The largest absolute Gasteiger partial charge is 0.481 e. The van der Waals surface area contributed by atoms with E-state index in [9.17, 15) is 9.90 Å². The minimum absolute atomic E-state index is 0.156. The van der Waals surface area contributed by atoms with Crippen molar-refractivity contribution in [3.63, 3.8) is 0 Å². The Balaban J connectivity index is 2.09. The summed E-state index contributed by atoms with van der Waals surface area (Å²) in [6.07, 6.45) is 15.2. The SMILES string of the molecule is CC(O)CCCCCCC1CCC(Cl)C1CCCCCCC(=O)O. The van der Waals surface area contributed by atoms with Crippen LogP contribution >= 0.6 is 11.6 Å². The lowest BCUT2D eigenvalue weighted by molar-refractivity contribution is -0.137. The van der Waals surface area contributed by atoms with E-state index in [-0.39, 0.29) is 6.10 Å². The third-order valence-electron chi connectivity index (χ3n) is 5.51. The van der Waals surface area contributed by atoms with E-state index in [1.165, 1.54) is 44.9 Å². The molecule has 24 heavy (non-hydrogen) atoms. The Hall–Kier alpha value is -0.280. The Labute approximate surface area is 153 Å².